The van der Waals surface area contributed by atoms with Gasteiger partial charge in [-0.25, -0.2) is 8.42 Å². The van der Waals surface area contributed by atoms with Gasteiger partial charge in [0.2, 0.25) is 10.0 Å². The van der Waals surface area contributed by atoms with Gasteiger partial charge in [-0.2, -0.15) is 4.31 Å². The van der Waals surface area contributed by atoms with Crippen LogP contribution >= 0.6 is 0 Å². The molecule has 0 amide bonds. The molecule has 6 nitrogen and oxygen atoms in total. The van der Waals surface area contributed by atoms with Crippen LogP contribution in [0.5, 0.6) is 0 Å². The Morgan fingerprint density at radius 3 is 2.71 bits per heavy atom. The first kappa shape index (κ1) is 11.4. The molecule has 0 aliphatic carbocycles. The average molecular weight is 222 g/mol. The van der Waals surface area contributed by atoms with Gasteiger partial charge in [0.1, 0.15) is 0 Å². The molecule has 1 atom stereocenters. The lowest BCUT2D eigenvalue weighted by molar-refractivity contribution is -0.134. The zero-order valence-electron chi connectivity index (χ0n) is 7.72. The quantitative estimate of drug-likeness (QED) is 0.626. The molecule has 0 spiro atoms. The van der Waals surface area contributed by atoms with E-state index in [4.69, 9.17) is 10.8 Å². The number of hydrogen-bond acceptors (Lipinski definition) is 4. The summed E-state index contributed by atoms with van der Waals surface area (Å²) in [5.74, 6) is -2.18. The van der Waals surface area contributed by atoms with Crippen LogP contribution < -0.4 is 5.73 Å². The Balaban J connectivity index is 2.67. The number of carboxylic acid groups (broad SMARTS) is 1. The Kier molecular flexibility index (Phi) is 3.46. The van der Waals surface area contributed by atoms with Crippen molar-refractivity contribution >= 4 is 16.0 Å². The Bertz CT molecular complexity index is 314. The van der Waals surface area contributed by atoms with Crippen molar-refractivity contribution in [3.8, 4) is 0 Å². The molecule has 0 bridgehead atoms. The SMILES string of the molecule is NC1CCCN(S(=O)(=O)CC(=O)O)C1. The van der Waals surface area contributed by atoms with Crippen molar-refractivity contribution in [2.75, 3.05) is 18.8 Å². The minimum Gasteiger partial charge on any atom is -0.480 e. The predicted molar refractivity (Wildman–Crippen MR) is 50.2 cm³/mol. The third-order valence-corrected chi connectivity index (χ3v) is 3.85. The fourth-order valence-electron chi connectivity index (χ4n) is 1.47. The van der Waals surface area contributed by atoms with Gasteiger partial charge in [0.25, 0.3) is 0 Å². The second-order valence-corrected chi connectivity index (χ2v) is 5.38. The monoisotopic (exact) mass is 222 g/mol. The van der Waals surface area contributed by atoms with Crippen LogP contribution in [0.3, 0.4) is 0 Å². The molecule has 0 aromatic heterocycles. The van der Waals surface area contributed by atoms with Crippen LogP contribution in [0.2, 0.25) is 0 Å². The van der Waals surface area contributed by atoms with E-state index in [0.29, 0.717) is 13.0 Å². The highest BCUT2D eigenvalue weighted by atomic mass is 32.2. The van der Waals surface area contributed by atoms with Crippen molar-refractivity contribution in [3.05, 3.63) is 0 Å². The number of piperidine rings is 1. The largest absolute Gasteiger partial charge is 0.480 e. The van der Waals surface area contributed by atoms with Gasteiger partial charge >= 0.3 is 5.97 Å². The third-order valence-electron chi connectivity index (χ3n) is 2.12. The third kappa shape index (κ3) is 2.93. The van der Waals surface area contributed by atoms with E-state index in [1.807, 2.05) is 0 Å². The van der Waals surface area contributed by atoms with Crippen LogP contribution in [0, 0.1) is 0 Å². The first-order chi connectivity index (χ1) is 6.42. The molecule has 1 fully saturated rings. The summed E-state index contributed by atoms with van der Waals surface area (Å²) >= 11 is 0. The van der Waals surface area contributed by atoms with Gasteiger partial charge < -0.3 is 10.8 Å². The van der Waals surface area contributed by atoms with Crippen LogP contribution in [0.4, 0.5) is 0 Å². The summed E-state index contributed by atoms with van der Waals surface area (Å²) in [7, 11) is -3.66. The van der Waals surface area contributed by atoms with Gasteiger partial charge in [0.05, 0.1) is 0 Å². The van der Waals surface area contributed by atoms with E-state index in [1.165, 1.54) is 0 Å². The van der Waals surface area contributed by atoms with Gasteiger partial charge in [-0.1, -0.05) is 0 Å². The summed E-state index contributed by atoms with van der Waals surface area (Å²) in [4.78, 5) is 10.3. The second-order valence-electron chi connectivity index (χ2n) is 3.41. The predicted octanol–water partition coefficient (Wildman–Crippen LogP) is -1.18. The molecule has 0 radical (unpaired) electrons. The van der Waals surface area contributed by atoms with Crippen molar-refractivity contribution in [1.82, 2.24) is 4.31 Å². The van der Waals surface area contributed by atoms with Gasteiger partial charge in [-0.3, -0.25) is 4.79 Å². The summed E-state index contributed by atoms with van der Waals surface area (Å²) in [6.45, 7) is 0.610. The van der Waals surface area contributed by atoms with E-state index >= 15 is 0 Å². The number of hydrogen-bond donors (Lipinski definition) is 2. The maximum Gasteiger partial charge on any atom is 0.320 e. The number of sulfonamides is 1. The molecular formula is C7H14N2O4S. The van der Waals surface area contributed by atoms with E-state index in [1.54, 1.807) is 0 Å². The topological polar surface area (TPSA) is 101 Å². The zero-order chi connectivity index (χ0) is 10.8. The standard InChI is InChI=1S/C7H14N2O4S/c8-6-2-1-3-9(4-6)14(12,13)5-7(10)11/h6H,1-5,8H2,(H,10,11). The summed E-state index contributed by atoms with van der Waals surface area (Å²) in [6, 6.07) is -0.174. The number of aliphatic carboxylic acids is 1. The van der Waals surface area contributed by atoms with Crippen molar-refractivity contribution < 1.29 is 18.3 Å². The van der Waals surface area contributed by atoms with Crippen LogP contribution in [-0.2, 0) is 14.8 Å². The maximum atomic E-state index is 11.4. The highest BCUT2D eigenvalue weighted by Gasteiger charge is 2.28. The van der Waals surface area contributed by atoms with Gasteiger partial charge in [0.15, 0.2) is 5.75 Å². The number of nitrogens with two attached hydrogens (primary N) is 1. The minimum atomic E-state index is -3.66. The molecule has 1 saturated heterocycles. The fourth-order valence-corrected chi connectivity index (χ4v) is 2.79. The van der Waals surface area contributed by atoms with Crippen LogP contribution in [0.1, 0.15) is 12.8 Å². The van der Waals surface area contributed by atoms with Gasteiger partial charge in [-0.15, -0.1) is 0 Å². The fraction of sp³-hybridized carbons (Fsp3) is 0.857. The number of carboxylic acids is 1. The van der Waals surface area contributed by atoms with Crippen molar-refractivity contribution in [2.45, 2.75) is 18.9 Å². The highest BCUT2D eigenvalue weighted by molar-refractivity contribution is 7.89. The normalized spacial score (nSPS) is 24.8. The number of nitrogens with zero attached hydrogens (tertiary/aromatic N) is 1. The van der Waals surface area contributed by atoms with Crippen molar-refractivity contribution in [3.63, 3.8) is 0 Å². The van der Waals surface area contributed by atoms with Gasteiger partial charge in [-0.05, 0) is 12.8 Å². The molecule has 1 aliphatic rings. The Morgan fingerprint density at radius 1 is 1.57 bits per heavy atom. The molecule has 0 aromatic carbocycles. The number of rotatable bonds is 3. The molecule has 1 heterocycles. The van der Waals surface area contributed by atoms with Gasteiger partial charge in [0, 0.05) is 19.1 Å². The van der Waals surface area contributed by atoms with Crippen LogP contribution in [0.25, 0.3) is 0 Å². The molecular weight excluding hydrogens is 208 g/mol. The van der Waals surface area contributed by atoms with Crippen molar-refractivity contribution in [2.24, 2.45) is 5.73 Å². The summed E-state index contributed by atoms with van der Waals surface area (Å²) < 4.78 is 24.0. The Labute approximate surface area is 82.7 Å². The van der Waals surface area contributed by atoms with Crippen LogP contribution in [0.15, 0.2) is 0 Å². The molecule has 1 rings (SSSR count). The van der Waals surface area contributed by atoms with E-state index in [9.17, 15) is 13.2 Å². The summed E-state index contributed by atoms with van der Waals surface area (Å²) in [6.07, 6.45) is 1.49. The van der Waals surface area contributed by atoms with Crippen LogP contribution in [-0.4, -0.2) is 48.7 Å². The van der Waals surface area contributed by atoms with E-state index in [2.05, 4.69) is 0 Å². The smallest absolute Gasteiger partial charge is 0.320 e. The molecule has 82 valence electrons. The molecule has 1 unspecified atom stereocenters. The molecule has 14 heavy (non-hydrogen) atoms. The molecule has 0 saturated carbocycles. The number of carbonyl (C=O) groups is 1. The lowest BCUT2D eigenvalue weighted by Gasteiger charge is -2.29. The minimum absolute atomic E-state index is 0.174. The second kappa shape index (κ2) is 4.24. The lowest BCUT2D eigenvalue weighted by Crippen LogP contribution is -2.47. The van der Waals surface area contributed by atoms with E-state index in [-0.39, 0.29) is 12.6 Å². The lowest BCUT2D eigenvalue weighted by atomic mass is 10.1. The average Bonchev–Trinajstić information content (AvgIpc) is 2.01. The summed E-state index contributed by atoms with van der Waals surface area (Å²) in [5, 5.41) is 8.41. The molecule has 3 N–H and O–H groups in total. The maximum absolute atomic E-state index is 11.4. The highest BCUT2D eigenvalue weighted by Crippen LogP contribution is 2.12. The van der Waals surface area contributed by atoms with Crippen molar-refractivity contribution in [1.29, 1.82) is 0 Å². The Hall–Kier alpha value is -0.660. The Morgan fingerprint density at radius 2 is 2.21 bits per heavy atom. The molecule has 1 aliphatic heterocycles. The summed E-state index contributed by atoms with van der Waals surface area (Å²) in [5.41, 5.74) is 5.60. The molecule has 0 aromatic rings. The first-order valence-corrected chi connectivity index (χ1v) is 5.98. The molecule has 7 heteroatoms. The first-order valence-electron chi connectivity index (χ1n) is 4.37. The zero-order valence-corrected chi connectivity index (χ0v) is 8.53. The van der Waals surface area contributed by atoms with E-state index in [0.717, 1.165) is 10.7 Å². The van der Waals surface area contributed by atoms with E-state index < -0.39 is 21.7 Å².